The number of rotatable bonds is 60. The van der Waals surface area contributed by atoms with E-state index in [-0.39, 0.29) is 32.2 Å². The first-order valence-corrected chi connectivity index (χ1v) is 32.6. The van der Waals surface area contributed by atoms with Crippen LogP contribution in [-0.4, -0.2) is 87.4 Å². The lowest BCUT2D eigenvalue weighted by atomic mass is 10.0. The highest BCUT2D eigenvalue weighted by molar-refractivity contribution is 5.71. The van der Waals surface area contributed by atoms with Crippen LogP contribution in [0.2, 0.25) is 0 Å². The number of ether oxygens (including phenoxy) is 4. The van der Waals surface area contributed by atoms with Crippen LogP contribution < -0.4 is 0 Å². The molecule has 0 rings (SSSR count). The second kappa shape index (κ2) is 59.8. The summed E-state index contributed by atoms with van der Waals surface area (Å²) in [4.78, 5) is 37.5. The minimum Gasteiger partial charge on any atom is -0.477 e. The SMILES string of the molecule is CC/C=C\C/C=C\C/C=C\C/C=C\C/C=C\C/C=C\CCCCCCCCCCCCCCCCCCCCC(=O)OC(COC(=O)CCCCCCCCCCCCCCCCCC)COC(OCC[N+](C)(C)C)C(=O)O. The van der Waals surface area contributed by atoms with Gasteiger partial charge in [0.15, 0.2) is 6.10 Å². The van der Waals surface area contributed by atoms with Crippen molar-refractivity contribution in [2.45, 2.75) is 302 Å². The lowest BCUT2D eigenvalue weighted by Gasteiger charge is -2.25. The lowest BCUT2D eigenvalue weighted by molar-refractivity contribution is -0.870. The van der Waals surface area contributed by atoms with Crippen molar-refractivity contribution in [1.82, 2.24) is 0 Å². The highest BCUT2D eigenvalue weighted by atomic mass is 16.7. The van der Waals surface area contributed by atoms with Crippen molar-refractivity contribution in [2.75, 3.05) is 47.5 Å². The van der Waals surface area contributed by atoms with Crippen LogP contribution in [0.1, 0.15) is 290 Å². The fourth-order valence-corrected chi connectivity index (χ4v) is 9.26. The molecular weight excluding hydrogens is 971 g/mol. The van der Waals surface area contributed by atoms with Crippen LogP contribution in [-0.2, 0) is 33.3 Å². The Morgan fingerprint density at radius 3 is 1.09 bits per heavy atom. The zero-order chi connectivity index (χ0) is 56.9. The largest absolute Gasteiger partial charge is 0.477 e. The van der Waals surface area contributed by atoms with Crippen LogP contribution >= 0.6 is 0 Å². The molecule has 78 heavy (non-hydrogen) atoms. The topological polar surface area (TPSA) is 108 Å². The molecule has 452 valence electrons. The van der Waals surface area contributed by atoms with E-state index in [1.807, 2.05) is 21.1 Å². The summed E-state index contributed by atoms with van der Waals surface area (Å²) in [5, 5.41) is 9.72. The number of allylic oxidation sites excluding steroid dienone is 12. The van der Waals surface area contributed by atoms with Gasteiger partial charge in [-0.15, -0.1) is 0 Å². The van der Waals surface area contributed by atoms with Gasteiger partial charge >= 0.3 is 17.9 Å². The zero-order valence-corrected chi connectivity index (χ0v) is 51.6. The number of esters is 2. The van der Waals surface area contributed by atoms with Gasteiger partial charge in [0, 0.05) is 12.8 Å². The molecule has 0 radical (unpaired) electrons. The number of carbonyl (C=O) groups is 3. The Bertz CT molecular complexity index is 1510. The molecule has 0 spiro atoms. The van der Waals surface area contributed by atoms with E-state index in [4.69, 9.17) is 18.9 Å². The normalized spacial score (nSPS) is 13.2. The molecule has 1 N–H and O–H groups in total. The van der Waals surface area contributed by atoms with Crippen molar-refractivity contribution < 1.29 is 42.9 Å². The lowest BCUT2D eigenvalue weighted by Crippen LogP contribution is -2.40. The molecule has 0 bridgehead atoms. The molecule has 0 aromatic carbocycles. The van der Waals surface area contributed by atoms with Gasteiger partial charge < -0.3 is 28.5 Å². The Morgan fingerprint density at radius 2 is 0.731 bits per heavy atom. The highest BCUT2D eigenvalue weighted by Gasteiger charge is 2.25. The van der Waals surface area contributed by atoms with Gasteiger partial charge in [-0.3, -0.25) is 9.59 Å². The Morgan fingerprint density at radius 1 is 0.397 bits per heavy atom. The molecule has 0 aromatic heterocycles. The summed E-state index contributed by atoms with van der Waals surface area (Å²) >= 11 is 0. The molecule has 0 heterocycles. The third-order valence-electron chi connectivity index (χ3n) is 14.2. The molecule has 0 saturated heterocycles. The van der Waals surface area contributed by atoms with Gasteiger partial charge in [-0.1, -0.05) is 286 Å². The van der Waals surface area contributed by atoms with Crippen molar-refractivity contribution >= 4 is 17.9 Å². The molecule has 9 heteroatoms. The van der Waals surface area contributed by atoms with Crippen molar-refractivity contribution in [3.05, 3.63) is 72.9 Å². The van der Waals surface area contributed by atoms with Crippen LogP contribution in [0.3, 0.4) is 0 Å². The van der Waals surface area contributed by atoms with Gasteiger partial charge in [0.05, 0.1) is 34.4 Å². The van der Waals surface area contributed by atoms with Crippen LogP contribution in [0, 0.1) is 0 Å². The maximum absolute atomic E-state index is 12.9. The number of likely N-dealkylation sites (N-methyl/N-ethyl adjacent to an activating group) is 1. The molecule has 0 aliphatic rings. The molecule has 2 atom stereocenters. The summed E-state index contributed by atoms with van der Waals surface area (Å²) in [6, 6.07) is 0. The first-order valence-electron chi connectivity index (χ1n) is 32.6. The molecule has 2 unspecified atom stereocenters. The van der Waals surface area contributed by atoms with E-state index >= 15 is 0 Å². The van der Waals surface area contributed by atoms with E-state index in [2.05, 4.69) is 86.8 Å². The molecule has 0 aromatic rings. The summed E-state index contributed by atoms with van der Waals surface area (Å²) < 4.78 is 22.9. The summed E-state index contributed by atoms with van der Waals surface area (Å²) in [5.74, 6) is -1.99. The van der Waals surface area contributed by atoms with Gasteiger partial charge in [0.1, 0.15) is 13.2 Å². The van der Waals surface area contributed by atoms with Crippen LogP contribution in [0.4, 0.5) is 0 Å². The first-order chi connectivity index (χ1) is 38.1. The Balaban J connectivity index is 4.04. The van der Waals surface area contributed by atoms with Gasteiger partial charge in [0.25, 0.3) is 6.29 Å². The average molecular weight is 1100 g/mol. The molecule has 9 nitrogen and oxygen atoms in total. The number of quaternary nitrogens is 1. The maximum Gasteiger partial charge on any atom is 0.361 e. The number of aliphatic carboxylic acids is 1. The number of carbonyl (C=O) groups excluding carboxylic acids is 2. The quantitative estimate of drug-likeness (QED) is 0.0211. The van der Waals surface area contributed by atoms with E-state index in [0.29, 0.717) is 17.4 Å². The van der Waals surface area contributed by atoms with E-state index < -0.39 is 24.3 Å². The highest BCUT2D eigenvalue weighted by Crippen LogP contribution is 2.17. The van der Waals surface area contributed by atoms with Gasteiger partial charge in [-0.25, -0.2) is 4.79 Å². The molecule has 0 fully saturated rings. The van der Waals surface area contributed by atoms with Gasteiger partial charge in [-0.2, -0.15) is 0 Å². The predicted molar refractivity (Wildman–Crippen MR) is 332 cm³/mol. The fourth-order valence-electron chi connectivity index (χ4n) is 9.26. The Kier molecular flexibility index (Phi) is 57.3. The van der Waals surface area contributed by atoms with Crippen LogP contribution in [0.25, 0.3) is 0 Å². The number of carboxylic acids is 1. The second-order valence-electron chi connectivity index (χ2n) is 23.1. The molecule has 0 aliphatic carbocycles. The van der Waals surface area contributed by atoms with Gasteiger partial charge in [-0.05, 0) is 64.2 Å². The number of carboxylic acid groups (broad SMARTS) is 1. The average Bonchev–Trinajstić information content (AvgIpc) is 3.41. The van der Waals surface area contributed by atoms with E-state index in [9.17, 15) is 19.5 Å². The summed E-state index contributed by atoms with van der Waals surface area (Å²) in [6.07, 6.45) is 75.8. The number of hydrogen-bond donors (Lipinski definition) is 1. The van der Waals surface area contributed by atoms with Crippen LogP contribution in [0.5, 0.6) is 0 Å². The molecule has 0 saturated carbocycles. The first kappa shape index (κ1) is 74.7. The Hall–Kier alpha value is -3.27. The van der Waals surface area contributed by atoms with Crippen LogP contribution in [0.15, 0.2) is 72.9 Å². The monoisotopic (exact) mass is 1090 g/mol. The summed E-state index contributed by atoms with van der Waals surface area (Å²) in [6.45, 7) is 4.80. The number of nitrogens with zero attached hydrogens (tertiary/aromatic N) is 1. The maximum atomic E-state index is 12.9. The Labute approximate surface area is 481 Å². The number of unbranched alkanes of at least 4 members (excludes halogenated alkanes) is 33. The van der Waals surface area contributed by atoms with E-state index in [1.54, 1.807) is 0 Å². The smallest absolute Gasteiger partial charge is 0.361 e. The van der Waals surface area contributed by atoms with Crippen molar-refractivity contribution in [1.29, 1.82) is 0 Å². The molecular formula is C69H124NO8+. The van der Waals surface area contributed by atoms with Crippen molar-refractivity contribution in [3.63, 3.8) is 0 Å². The number of hydrogen-bond acceptors (Lipinski definition) is 7. The summed E-state index contributed by atoms with van der Waals surface area (Å²) in [5.41, 5.74) is 0. The van der Waals surface area contributed by atoms with Gasteiger partial charge in [0.2, 0.25) is 0 Å². The third kappa shape index (κ3) is 60.4. The molecule has 0 amide bonds. The minimum absolute atomic E-state index is 0.178. The van der Waals surface area contributed by atoms with E-state index in [1.165, 1.54) is 186 Å². The predicted octanol–water partition coefficient (Wildman–Crippen LogP) is 19.7. The molecule has 0 aliphatic heterocycles. The minimum atomic E-state index is -1.51. The zero-order valence-electron chi connectivity index (χ0n) is 51.6. The van der Waals surface area contributed by atoms with Crippen molar-refractivity contribution in [2.24, 2.45) is 0 Å². The van der Waals surface area contributed by atoms with E-state index in [0.717, 1.165) is 77.0 Å². The van der Waals surface area contributed by atoms with Crippen molar-refractivity contribution in [3.8, 4) is 0 Å². The standard InChI is InChI=1S/C69H123NO8/c1-6-8-10-12-14-16-18-20-22-24-25-26-27-28-29-30-31-32-33-34-35-36-37-38-39-40-41-42-43-44-46-48-50-52-54-56-58-60-67(72)78-65(64-77-69(68(73)74)75-62-61-70(3,4)5)63-76-66(71)59-57-55-53-51-49-47-45-23-21-19-17-15-13-11-9-7-2/h8,10,14,16,20,22,25-26,28-29,31-32,65,69H,6-7,9,11-13,15,17-19,21,23-24,27,30,33-64H2,1-5H3/p+1/b10-8-,16-14-,22-20-,26-25-,29-28-,32-31-. The second-order valence-corrected chi connectivity index (χ2v) is 23.1. The summed E-state index contributed by atoms with van der Waals surface area (Å²) in [7, 11) is 5.98. The third-order valence-corrected chi connectivity index (χ3v) is 14.2. The fraction of sp³-hybridized carbons (Fsp3) is 0.783.